The molecule has 1 unspecified atom stereocenters. The quantitative estimate of drug-likeness (QED) is 0.529. The van der Waals surface area contributed by atoms with Crippen LogP contribution in [0, 0.1) is 5.92 Å². The van der Waals surface area contributed by atoms with Crippen LogP contribution in [0.1, 0.15) is 27.2 Å². The Morgan fingerprint density at radius 3 is 2.71 bits per heavy atom. The molecule has 1 rings (SSSR count). The second kappa shape index (κ2) is 7.50. The molecular formula is C10H19NO3. The van der Waals surface area contributed by atoms with Crippen LogP contribution in [0.25, 0.3) is 0 Å². The Morgan fingerprint density at radius 1 is 1.57 bits per heavy atom. The first-order valence-corrected chi connectivity index (χ1v) is 5.15. The zero-order valence-electron chi connectivity index (χ0n) is 9.13. The fourth-order valence-electron chi connectivity index (χ4n) is 1.23. The number of hydrogen-bond acceptors (Lipinski definition) is 4. The van der Waals surface area contributed by atoms with Gasteiger partial charge in [-0.2, -0.15) is 0 Å². The van der Waals surface area contributed by atoms with Crippen LogP contribution in [0.5, 0.6) is 0 Å². The van der Waals surface area contributed by atoms with Crippen molar-refractivity contribution in [3.8, 4) is 0 Å². The largest absolute Gasteiger partial charge is 0.465 e. The standard InChI is InChI=1S/C8H13NO3.C2H6/c1-2-12-8(11)6-3-4-9-5-7(6)10;1-2/h6,9H,2-5H2,1H3;1-2H3. The lowest BCUT2D eigenvalue weighted by atomic mass is 9.97. The van der Waals surface area contributed by atoms with E-state index in [9.17, 15) is 9.59 Å². The van der Waals surface area contributed by atoms with E-state index in [2.05, 4.69) is 5.32 Å². The van der Waals surface area contributed by atoms with E-state index >= 15 is 0 Å². The van der Waals surface area contributed by atoms with Crippen molar-refractivity contribution in [3.05, 3.63) is 0 Å². The molecule has 0 aliphatic carbocycles. The number of hydrogen-bond donors (Lipinski definition) is 1. The summed E-state index contributed by atoms with van der Waals surface area (Å²) in [6.07, 6.45) is 0.567. The number of ketones is 1. The Bertz CT molecular complexity index is 192. The van der Waals surface area contributed by atoms with Crippen LogP contribution < -0.4 is 5.32 Å². The zero-order chi connectivity index (χ0) is 11.0. The van der Waals surface area contributed by atoms with Crippen LogP contribution in [0.4, 0.5) is 0 Å². The number of carbonyl (C=O) groups is 2. The Labute approximate surface area is 85.0 Å². The van der Waals surface area contributed by atoms with Crippen LogP contribution in [-0.2, 0) is 14.3 Å². The van der Waals surface area contributed by atoms with E-state index in [4.69, 9.17) is 4.74 Å². The van der Waals surface area contributed by atoms with Gasteiger partial charge < -0.3 is 10.1 Å². The van der Waals surface area contributed by atoms with Crippen LogP contribution in [0.15, 0.2) is 0 Å². The van der Waals surface area contributed by atoms with Gasteiger partial charge in [-0.1, -0.05) is 13.8 Å². The van der Waals surface area contributed by atoms with Crippen molar-refractivity contribution in [2.75, 3.05) is 19.7 Å². The molecule has 0 aromatic heterocycles. The van der Waals surface area contributed by atoms with Crippen LogP contribution in [0.2, 0.25) is 0 Å². The third-order valence-electron chi connectivity index (χ3n) is 1.87. The Balaban J connectivity index is 0.000000791. The molecule has 1 aliphatic rings. The summed E-state index contributed by atoms with van der Waals surface area (Å²) in [7, 11) is 0. The van der Waals surface area contributed by atoms with Gasteiger partial charge >= 0.3 is 5.97 Å². The molecule has 1 heterocycles. The molecule has 4 heteroatoms. The van der Waals surface area contributed by atoms with Gasteiger partial charge in [0, 0.05) is 0 Å². The van der Waals surface area contributed by atoms with Crippen molar-refractivity contribution >= 4 is 11.8 Å². The summed E-state index contributed by atoms with van der Waals surface area (Å²) in [6, 6.07) is 0. The number of Topliss-reactive ketones (excluding diaryl/α,β-unsaturated/α-hetero) is 1. The Hall–Kier alpha value is -0.900. The summed E-state index contributed by atoms with van der Waals surface area (Å²) in [5, 5.41) is 2.90. The minimum Gasteiger partial charge on any atom is -0.465 e. The topological polar surface area (TPSA) is 55.4 Å². The minimum atomic E-state index is -0.522. The first kappa shape index (κ1) is 13.1. The second-order valence-corrected chi connectivity index (χ2v) is 2.74. The normalized spacial score (nSPS) is 20.8. The molecule has 4 nitrogen and oxygen atoms in total. The molecule has 0 bridgehead atoms. The molecule has 0 aromatic rings. The van der Waals surface area contributed by atoms with Gasteiger partial charge in [0.15, 0.2) is 5.78 Å². The van der Waals surface area contributed by atoms with Gasteiger partial charge in [-0.15, -0.1) is 0 Å². The van der Waals surface area contributed by atoms with Gasteiger partial charge in [-0.25, -0.2) is 0 Å². The minimum absolute atomic E-state index is 0.0558. The molecule has 0 radical (unpaired) electrons. The van der Waals surface area contributed by atoms with E-state index in [1.54, 1.807) is 6.92 Å². The molecule has 1 saturated heterocycles. The maximum atomic E-state index is 11.1. The summed E-state index contributed by atoms with van der Waals surface area (Å²) in [6.45, 7) is 7.10. The molecule has 1 aliphatic heterocycles. The molecule has 0 saturated carbocycles. The monoisotopic (exact) mass is 201 g/mol. The van der Waals surface area contributed by atoms with Gasteiger partial charge in [-0.05, 0) is 19.9 Å². The molecule has 1 N–H and O–H groups in total. The SMILES string of the molecule is CC.CCOC(=O)C1CCNCC1=O. The molecular weight excluding hydrogens is 182 g/mol. The van der Waals surface area contributed by atoms with Gasteiger partial charge in [0.1, 0.15) is 5.92 Å². The lowest BCUT2D eigenvalue weighted by Gasteiger charge is -2.19. The molecule has 1 fully saturated rings. The fourth-order valence-corrected chi connectivity index (χ4v) is 1.23. The third kappa shape index (κ3) is 3.87. The summed E-state index contributed by atoms with van der Waals surface area (Å²) in [4.78, 5) is 22.3. The molecule has 14 heavy (non-hydrogen) atoms. The maximum Gasteiger partial charge on any atom is 0.316 e. The lowest BCUT2D eigenvalue weighted by Crippen LogP contribution is -2.41. The van der Waals surface area contributed by atoms with Crippen LogP contribution in [-0.4, -0.2) is 31.4 Å². The lowest BCUT2D eigenvalue weighted by molar-refractivity contribution is -0.152. The molecule has 82 valence electrons. The highest BCUT2D eigenvalue weighted by Gasteiger charge is 2.29. The summed E-state index contributed by atoms with van der Waals surface area (Å²) < 4.78 is 4.76. The Kier molecular flexibility index (Phi) is 7.02. The van der Waals surface area contributed by atoms with Crippen molar-refractivity contribution in [1.82, 2.24) is 5.32 Å². The summed E-state index contributed by atoms with van der Waals surface area (Å²) in [5.41, 5.74) is 0. The van der Waals surface area contributed by atoms with Gasteiger partial charge in [0.05, 0.1) is 13.2 Å². The van der Waals surface area contributed by atoms with E-state index in [1.165, 1.54) is 0 Å². The number of piperidine rings is 1. The third-order valence-corrected chi connectivity index (χ3v) is 1.87. The zero-order valence-corrected chi connectivity index (χ0v) is 9.13. The van der Waals surface area contributed by atoms with Gasteiger partial charge in [-0.3, -0.25) is 9.59 Å². The van der Waals surface area contributed by atoms with Crippen LogP contribution >= 0.6 is 0 Å². The number of ether oxygens (including phenoxy) is 1. The van der Waals surface area contributed by atoms with E-state index in [1.807, 2.05) is 13.8 Å². The summed E-state index contributed by atoms with van der Waals surface area (Å²) in [5.74, 6) is -0.949. The highest BCUT2D eigenvalue weighted by atomic mass is 16.5. The summed E-state index contributed by atoms with van der Waals surface area (Å²) >= 11 is 0. The highest BCUT2D eigenvalue weighted by molar-refractivity contribution is 6.00. The van der Waals surface area contributed by atoms with Crippen molar-refractivity contribution in [2.45, 2.75) is 27.2 Å². The predicted molar refractivity (Wildman–Crippen MR) is 54.0 cm³/mol. The maximum absolute atomic E-state index is 11.1. The van der Waals surface area contributed by atoms with E-state index < -0.39 is 5.92 Å². The van der Waals surface area contributed by atoms with E-state index in [0.29, 0.717) is 19.6 Å². The van der Waals surface area contributed by atoms with E-state index in [0.717, 1.165) is 6.54 Å². The number of carbonyl (C=O) groups excluding carboxylic acids is 2. The molecule has 0 spiro atoms. The van der Waals surface area contributed by atoms with Crippen molar-refractivity contribution in [2.24, 2.45) is 5.92 Å². The fraction of sp³-hybridized carbons (Fsp3) is 0.800. The van der Waals surface area contributed by atoms with E-state index in [-0.39, 0.29) is 11.8 Å². The number of nitrogens with one attached hydrogen (secondary N) is 1. The number of rotatable bonds is 2. The van der Waals surface area contributed by atoms with Gasteiger partial charge in [0.2, 0.25) is 0 Å². The van der Waals surface area contributed by atoms with Crippen molar-refractivity contribution in [3.63, 3.8) is 0 Å². The second-order valence-electron chi connectivity index (χ2n) is 2.74. The first-order valence-electron chi connectivity index (χ1n) is 5.15. The van der Waals surface area contributed by atoms with Crippen LogP contribution in [0.3, 0.4) is 0 Å². The van der Waals surface area contributed by atoms with Crippen molar-refractivity contribution in [1.29, 1.82) is 0 Å². The number of esters is 1. The average Bonchev–Trinajstić information content (AvgIpc) is 2.22. The van der Waals surface area contributed by atoms with Gasteiger partial charge in [0.25, 0.3) is 0 Å². The van der Waals surface area contributed by atoms with Crippen molar-refractivity contribution < 1.29 is 14.3 Å². The Morgan fingerprint density at radius 2 is 2.21 bits per heavy atom. The highest BCUT2D eigenvalue weighted by Crippen LogP contribution is 2.09. The molecule has 0 amide bonds. The smallest absolute Gasteiger partial charge is 0.316 e. The predicted octanol–water partition coefficient (Wildman–Crippen LogP) is 0.754. The molecule has 0 aromatic carbocycles. The molecule has 1 atom stereocenters. The average molecular weight is 201 g/mol. The first-order chi connectivity index (χ1) is 6.75.